The maximum atomic E-state index is 11.5. The molecular formula is C9H13ClN6O2S. The molecular weight excluding hydrogens is 292 g/mol. The standard InChI is InChI=1S/C9H13ClN6O2S/c1-3-4-15-8(7(2)16-6-11-5-12-16)13-14-9(15)19(10,17)18/h5-7H,3-4H2,1-2H3. The Bertz CT molecular complexity index is 650. The monoisotopic (exact) mass is 304 g/mol. The van der Waals surface area contributed by atoms with E-state index in [2.05, 4.69) is 20.3 Å². The fraction of sp³-hybridized carbons (Fsp3) is 0.556. The fourth-order valence-electron chi connectivity index (χ4n) is 1.76. The molecule has 0 amide bonds. The van der Waals surface area contributed by atoms with Crippen molar-refractivity contribution < 1.29 is 8.42 Å². The maximum absolute atomic E-state index is 11.5. The highest BCUT2D eigenvalue weighted by molar-refractivity contribution is 8.13. The molecule has 0 saturated heterocycles. The SMILES string of the molecule is CCCn1c(C(C)n2cncn2)nnc1S(=O)(=O)Cl. The van der Waals surface area contributed by atoms with Gasteiger partial charge in [0.25, 0.3) is 14.2 Å². The molecule has 8 nitrogen and oxygen atoms in total. The third-order valence-electron chi connectivity index (χ3n) is 2.62. The Morgan fingerprint density at radius 1 is 1.42 bits per heavy atom. The third kappa shape index (κ3) is 2.76. The maximum Gasteiger partial charge on any atom is 0.296 e. The van der Waals surface area contributed by atoms with Crippen LogP contribution in [0, 0.1) is 0 Å². The molecule has 1 atom stereocenters. The van der Waals surface area contributed by atoms with Crippen LogP contribution in [0.3, 0.4) is 0 Å². The lowest BCUT2D eigenvalue weighted by atomic mass is 10.3. The van der Waals surface area contributed by atoms with Crippen molar-refractivity contribution in [1.29, 1.82) is 0 Å². The van der Waals surface area contributed by atoms with Gasteiger partial charge in [0.2, 0.25) is 0 Å². The van der Waals surface area contributed by atoms with Crippen LogP contribution in [0.25, 0.3) is 0 Å². The molecule has 2 aromatic heterocycles. The molecule has 2 heterocycles. The van der Waals surface area contributed by atoms with Gasteiger partial charge in [-0.25, -0.2) is 18.1 Å². The fourth-order valence-corrected chi connectivity index (χ4v) is 2.69. The molecule has 0 aromatic carbocycles. The summed E-state index contributed by atoms with van der Waals surface area (Å²) in [7, 11) is 1.44. The van der Waals surface area contributed by atoms with Crippen molar-refractivity contribution in [2.45, 2.75) is 38.0 Å². The second kappa shape index (κ2) is 5.25. The molecule has 1 unspecified atom stereocenters. The van der Waals surface area contributed by atoms with E-state index in [1.807, 2.05) is 13.8 Å². The van der Waals surface area contributed by atoms with Crippen LogP contribution in [0.1, 0.15) is 32.1 Å². The van der Waals surface area contributed by atoms with Crippen molar-refractivity contribution in [3.63, 3.8) is 0 Å². The quantitative estimate of drug-likeness (QED) is 0.759. The van der Waals surface area contributed by atoms with Gasteiger partial charge in [0, 0.05) is 17.2 Å². The highest BCUT2D eigenvalue weighted by Gasteiger charge is 2.25. The van der Waals surface area contributed by atoms with Crippen molar-refractivity contribution >= 4 is 19.7 Å². The van der Waals surface area contributed by atoms with Gasteiger partial charge < -0.3 is 0 Å². The zero-order chi connectivity index (χ0) is 14.0. The van der Waals surface area contributed by atoms with Crippen LogP contribution in [0.5, 0.6) is 0 Å². The van der Waals surface area contributed by atoms with Crippen molar-refractivity contribution in [3.05, 3.63) is 18.5 Å². The molecule has 0 saturated carbocycles. The van der Waals surface area contributed by atoms with Gasteiger partial charge in [0.15, 0.2) is 5.82 Å². The van der Waals surface area contributed by atoms with Crippen molar-refractivity contribution in [2.24, 2.45) is 0 Å². The Hall–Kier alpha value is -1.48. The van der Waals surface area contributed by atoms with Crippen molar-refractivity contribution in [3.8, 4) is 0 Å². The minimum absolute atomic E-state index is 0.238. The molecule has 19 heavy (non-hydrogen) atoms. The van der Waals surface area contributed by atoms with Gasteiger partial charge in [-0.2, -0.15) is 5.10 Å². The molecule has 2 rings (SSSR count). The molecule has 0 radical (unpaired) electrons. The van der Waals surface area contributed by atoms with Crippen LogP contribution in [-0.2, 0) is 15.6 Å². The second-order valence-corrected chi connectivity index (χ2v) is 6.44. The summed E-state index contributed by atoms with van der Waals surface area (Å²) in [6.07, 6.45) is 3.66. The van der Waals surface area contributed by atoms with Crippen LogP contribution in [0.15, 0.2) is 17.8 Å². The van der Waals surface area contributed by atoms with Gasteiger partial charge >= 0.3 is 0 Å². The normalized spacial score (nSPS) is 13.6. The molecule has 2 aromatic rings. The number of hydrogen-bond donors (Lipinski definition) is 0. The zero-order valence-electron chi connectivity index (χ0n) is 10.4. The molecule has 104 valence electrons. The lowest BCUT2D eigenvalue weighted by Crippen LogP contribution is -2.16. The van der Waals surface area contributed by atoms with E-state index in [9.17, 15) is 8.42 Å². The Morgan fingerprint density at radius 2 is 2.16 bits per heavy atom. The molecule has 0 bridgehead atoms. The average Bonchev–Trinajstić information content (AvgIpc) is 2.96. The van der Waals surface area contributed by atoms with Gasteiger partial charge in [0.1, 0.15) is 18.7 Å². The summed E-state index contributed by atoms with van der Waals surface area (Å²) in [4.78, 5) is 3.85. The van der Waals surface area contributed by atoms with Crippen LogP contribution in [-0.4, -0.2) is 37.9 Å². The van der Waals surface area contributed by atoms with E-state index in [0.29, 0.717) is 12.4 Å². The molecule has 0 aliphatic rings. The van der Waals surface area contributed by atoms with Gasteiger partial charge in [-0.1, -0.05) is 6.92 Å². The number of nitrogens with zero attached hydrogens (tertiary/aromatic N) is 6. The van der Waals surface area contributed by atoms with Crippen LogP contribution < -0.4 is 0 Å². The summed E-state index contributed by atoms with van der Waals surface area (Å²) in [5.74, 6) is 0.478. The Morgan fingerprint density at radius 3 is 2.68 bits per heavy atom. The van der Waals surface area contributed by atoms with Crippen LogP contribution in [0.2, 0.25) is 0 Å². The first-order valence-corrected chi connectivity index (χ1v) is 7.98. The largest absolute Gasteiger partial charge is 0.299 e. The first kappa shape index (κ1) is 13.9. The molecule has 0 spiro atoms. The summed E-state index contributed by atoms with van der Waals surface area (Å²) in [5, 5.41) is 11.4. The predicted octanol–water partition coefficient (Wildman–Crippen LogP) is 0.816. The lowest BCUT2D eigenvalue weighted by Gasteiger charge is -2.13. The Kier molecular flexibility index (Phi) is 3.85. The Labute approximate surface area is 114 Å². The summed E-state index contributed by atoms with van der Waals surface area (Å²) >= 11 is 0. The summed E-state index contributed by atoms with van der Waals surface area (Å²) in [6, 6.07) is -0.284. The van der Waals surface area contributed by atoms with Gasteiger partial charge in [-0.3, -0.25) is 4.57 Å². The van der Waals surface area contributed by atoms with E-state index in [4.69, 9.17) is 10.7 Å². The van der Waals surface area contributed by atoms with E-state index in [0.717, 1.165) is 6.42 Å². The van der Waals surface area contributed by atoms with E-state index < -0.39 is 9.05 Å². The van der Waals surface area contributed by atoms with Gasteiger partial charge in [0.05, 0.1) is 0 Å². The molecule has 0 fully saturated rings. The highest BCUT2D eigenvalue weighted by atomic mass is 35.7. The third-order valence-corrected chi connectivity index (χ3v) is 3.77. The minimum atomic E-state index is -3.92. The zero-order valence-corrected chi connectivity index (χ0v) is 12.0. The first-order valence-electron chi connectivity index (χ1n) is 5.67. The van der Waals surface area contributed by atoms with Gasteiger partial charge in [-0.15, -0.1) is 10.2 Å². The molecule has 10 heteroatoms. The number of rotatable bonds is 5. The lowest BCUT2D eigenvalue weighted by molar-refractivity contribution is 0.483. The van der Waals surface area contributed by atoms with E-state index >= 15 is 0 Å². The highest BCUT2D eigenvalue weighted by Crippen LogP contribution is 2.20. The topological polar surface area (TPSA) is 95.6 Å². The Balaban J connectivity index is 2.49. The minimum Gasteiger partial charge on any atom is -0.299 e. The number of halogens is 1. The summed E-state index contributed by atoms with van der Waals surface area (Å²) in [6.45, 7) is 4.21. The smallest absolute Gasteiger partial charge is 0.296 e. The number of hydrogen-bond acceptors (Lipinski definition) is 6. The molecule has 0 aliphatic heterocycles. The first-order chi connectivity index (χ1) is 8.95. The average molecular weight is 305 g/mol. The number of aromatic nitrogens is 6. The summed E-state index contributed by atoms with van der Waals surface area (Å²) < 4.78 is 26.0. The van der Waals surface area contributed by atoms with Crippen molar-refractivity contribution in [1.82, 2.24) is 29.5 Å². The summed E-state index contributed by atoms with van der Waals surface area (Å²) in [5.41, 5.74) is 0. The van der Waals surface area contributed by atoms with E-state index in [-0.39, 0.29) is 11.2 Å². The van der Waals surface area contributed by atoms with Crippen LogP contribution in [0.4, 0.5) is 0 Å². The second-order valence-electron chi connectivity index (χ2n) is 3.98. The van der Waals surface area contributed by atoms with E-state index in [1.54, 1.807) is 4.68 Å². The molecule has 0 aliphatic carbocycles. The van der Waals surface area contributed by atoms with Gasteiger partial charge in [-0.05, 0) is 13.3 Å². The van der Waals surface area contributed by atoms with E-state index in [1.165, 1.54) is 17.2 Å². The van der Waals surface area contributed by atoms with Crippen molar-refractivity contribution in [2.75, 3.05) is 0 Å². The van der Waals surface area contributed by atoms with Crippen LogP contribution >= 0.6 is 10.7 Å². The molecule has 0 N–H and O–H groups in total. The predicted molar refractivity (Wildman–Crippen MR) is 67.2 cm³/mol.